The van der Waals surface area contributed by atoms with E-state index in [4.69, 9.17) is 4.18 Å². The van der Waals surface area contributed by atoms with E-state index in [1.54, 1.807) is 19.1 Å². The van der Waals surface area contributed by atoms with Crippen LogP contribution in [0.2, 0.25) is 0 Å². The van der Waals surface area contributed by atoms with E-state index in [2.05, 4.69) is 19.9 Å². The molecule has 1 aromatic rings. The number of aryl methyl sites for hydroxylation is 1. The van der Waals surface area contributed by atoms with Crippen molar-refractivity contribution in [1.82, 2.24) is 0 Å². The van der Waals surface area contributed by atoms with Gasteiger partial charge in [0, 0.05) is 5.92 Å². The maximum atomic E-state index is 12.9. The summed E-state index contributed by atoms with van der Waals surface area (Å²) >= 11 is 0. The fraction of sp³-hybridized carbons (Fsp3) is 0.679. The molecule has 0 saturated heterocycles. The van der Waals surface area contributed by atoms with Gasteiger partial charge in [0.2, 0.25) is 0 Å². The van der Waals surface area contributed by atoms with Gasteiger partial charge in [0.25, 0.3) is 10.1 Å². The van der Waals surface area contributed by atoms with Crippen LogP contribution in [0.25, 0.3) is 0 Å². The van der Waals surface area contributed by atoms with Crippen molar-refractivity contribution in [3.05, 3.63) is 41.5 Å². The molecule has 5 heteroatoms. The van der Waals surface area contributed by atoms with Gasteiger partial charge in [-0.15, -0.1) is 0 Å². The van der Waals surface area contributed by atoms with Crippen molar-refractivity contribution in [3.8, 4) is 0 Å². The Balaban J connectivity index is 1.34. The number of fused-ring (bicyclic) bond motifs is 5. The van der Waals surface area contributed by atoms with Gasteiger partial charge in [-0.05, 0) is 106 Å². The largest absolute Gasteiger partial charge is 0.300 e. The molecule has 0 N–H and O–H groups in total. The van der Waals surface area contributed by atoms with E-state index in [9.17, 15) is 13.2 Å². The Kier molecular flexibility index (Phi) is 5.68. The molecule has 180 valence electrons. The lowest BCUT2D eigenvalue weighted by Gasteiger charge is -2.58. The van der Waals surface area contributed by atoms with Crippen LogP contribution in [0.15, 0.2) is 40.8 Å². The highest BCUT2D eigenvalue weighted by Gasteiger charge is 2.59. The van der Waals surface area contributed by atoms with Gasteiger partial charge in [0.1, 0.15) is 5.78 Å². The first-order valence-electron chi connectivity index (χ1n) is 12.7. The maximum absolute atomic E-state index is 12.9. The highest BCUT2D eigenvalue weighted by atomic mass is 32.2. The molecule has 5 rings (SSSR count). The Hall–Kier alpha value is -1.46. The molecule has 33 heavy (non-hydrogen) atoms. The van der Waals surface area contributed by atoms with Gasteiger partial charge in [-0.1, -0.05) is 43.2 Å². The van der Waals surface area contributed by atoms with Crippen molar-refractivity contribution in [2.24, 2.45) is 34.5 Å². The van der Waals surface area contributed by atoms with Gasteiger partial charge in [-0.2, -0.15) is 8.42 Å². The van der Waals surface area contributed by atoms with Crippen molar-refractivity contribution in [2.45, 2.75) is 90.1 Å². The van der Waals surface area contributed by atoms with Gasteiger partial charge in [0.15, 0.2) is 0 Å². The number of carbonyl (C=O) groups is 1. The van der Waals surface area contributed by atoms with Gasteiger partial charge >= 0.3 is 0 Å². The standard InChI is InChI=1S/C28H38O4S/c1-18-5-8-22(9-6-18)33(30,31)32-21-13-15-27(3)20(17-21)7-10-23-25-12-11-24(19(2)29)28(25,4)16-14-26(23)27/h5-9,21,23-26H,10-17H2,1-4H3/t21-,23?,24+,25?,26?,27?,28+/m0/s1. The molecule has 0 bridgehead atoms. The van der Waals surface area contributed by atoms with Crippen LogP contribution in [-0.4, -0.2) is 20.3 Å². The molecule has 0 spiro atoms. The molecule has 3 fully saturated rings. The summed E-state index contributed by atoms with van der Waals surface area (Å²) in [5, 5.41) is 0. The third-order valence-corrected chi connectivity index (χ3v) is 11.5. The van der Waals surface area contributed by atoms with Crippen LogP contribution in [0.5, 0.6) is 0 Å². The number of benzene rings is 1. The van der Waals surface area contributed by atoms with E-state index in [-0.39, 0.29) is 27.7 Å². The normalized spacial score (nSPS) is 40.4. The van der Waals surface area contributed by atoms with E-state index < -0.39 is 10.1 Å². The highest BCUT2D eigenvalue weighted by molar-refractivity contribution is 7.86. The lowest BCUT2D eigenvalue weighted by Crippen LogP contribution is -2.51. The van der Waals surface area contributed by atoms with Crippen LogP contribution in [0.3, 0.4) is 0 Å². The smallest absolute Gasteiger partial charge is 0.297 e. The SMILES string of the molecule is CC(=O)[C@H]1CCC2C3CC=C4C[C@@H](OS(=O)(=O)c5ccc(C)cc5)CCC4(C)C3CC[C@@]21C. The van der Waals surface area contributed by atoms with Crippen LogP contribution in [-0.2, 0) is 19.1 Å². The molecular formula is C28H38O4S. The van der Waals surface area contributed by atoms with Gasteiger partial charge in [-0.25, -0.2) is 0 Å². The fourth-order valence-electron chi connectivity index (χ4n) is 8.32. The monoisotopic (exact) mass is 470 g/mol. The number of carbonyl (C=O) groups excluding carboxylic acids is 1. The molecule has 1 aromatic carbocycles. The average Bonchev–Trinajstić information content (AvgIpc) is 3.11. The van der Waals surface area contributed by atoms with E-state index in [0.717, 1.165) is 37.7 Å². The van der Waals surface area contributed by atoms with Crippen LogP contribution >= 0.6 is 0 Å². The Morgan fingerprint density at radius 2 is 1.73 bits per heavy atom. The molecular weight excluding hydrogens is 432 g/mol. The van der Waals surface area contributed by atoms with Crippen molar-refractivity contribution in [1.29, 1.82) is 0 Å². The molecule has 0 radical (unpaired) electrons. The quantitative estimate of drug-likeness (QED) is 0.386. The first kappa shape index (κ1) is 23.3. The number of Topliss-reactive ketones (excluding diaryl/α,β-unsaturated/α-hetero) is 1. The lowest BCUT2D eigenvalue weighted by molar-refractivity contribution is -0.127. The topological polar surface area (TPSA) is 60.4 Å². The van der Waals surface area contributed by atoms with E-state index in [1.807, 2.05) is 19.1 Å². The van der Waals surface area contributed by atoms with Crippen molar-refractivity contribution in [3.63, 3.8) is 0 Å². The molecule has 0 aromatic heterocycles. The molecule has 0 amide bonds. The second-order valence-corrected chi connectivity index (χ2v) is 13.3. The number of hydrogen-bond donors (Lipinski definition) is 0. The Morgan fingerprint density at radius 3 is 2.42 bits per heavy atom. The third kappa shape index (κ3) is 3.74. The van der Waals surface area contributed by atoms with E-state index >= 15 is 0 Å². The number of rotatable bonds is 4. The Morgan fingerprint density at radius 1 is 1.00 bits per heavy atom. The van der Waals surface area contributed by atoms with E-state index in [1.165, 1.54) is 18.4 Å². The summed E-state index contributed by atoms with van der Waals surface area (Å²) in [6.07, 6.45) is 10.2. The van der Waals surface area contributed by atoms with Crippen LogP contribution in [0, 0.1) is 41.4 Å². The molecule has 4 aliphatic rings. The summed E-state index contributed by atoms with van der Waals surface area (Å²) in [6.45, 7) is 8.54. The van der Waals surface area contributed by atoms with Gasteiger partial charge in [-0.3, -0.25) is 8.98 Å². The first-order valence-corrected chi connectivity index (χ1v) is 14.2. The summed E-state index contributed by atoms with van der Waals surface area (Å²) in [5.74, 6) is 2.53. The van der Waals surface area contributed by atoms with Crippen LogP contribution < -0.4 is 0 Å². The predicted octanol–water partition coefficient (Wildman–Crippen LogP) is 6.24. The zero-order valence-corrected chi connectivity index (χ0v) is 21.3. The molecule has 4 nitrogen and oxygen atoms in total. The first-order chi connectivity index (χ1) is 15.5. The molecule has 0 heterocycles. The van der Waals surface area contributed by atoms with Crippen molar-refractivity contribution >= 4 is 15.9 Å². The van der Waals surface area contributed by atoms with Gasteiger partial charge < -0.3 is 0 Å². The molecule has 0 aliphatic heterocycles. The lowest BCUT2D eigenvalue weighted by atomic mass is 9.47. The fourth-order valence-corrected chi connectivity index (χ4v) is 9.42. The molecule has 4 unspecified atom stereocenters. The Labute approximate surface area is 199 Å². The van der Waals surface area contributed by atoms with Crippen molar-refractivity contribution in [2.75, 3.05) is 0 Å². The molecule has 3 saturated carbocycles. The zero-order valence-electron chi connectivity index (χ0n) is 20.5. The minimum absolute atomic E-state index is 0.131. The highest BCUT2D eigenvalue weighted by Crippen LogP contribution is 2.66. The number of hydrogen-bond acceptors (Lipinski definition) is 4. The van der Waals surface area contributed by atoms with Gasteiger partial charge in [0.05, 0.1) is 11.0 Å². The predicted molar refractivity (Wildman–Crippen MR) is 129 cm³/mol. The molecule has 7 atom stereocenters. The van der Waals surface area contributed by atoms with E-state index in [0.29, 0.717) is 30.0 Å². The summed E-state index contributed by atoms with van der Waals surface area (Å²) in [6, 6.07) is 6.90. The third-order valence-electron chi connectivity index (χ3n) is 10.1. The Bertz CT molecular complexity index is 1070. The zero-order chi connectivity index (χ0) is 23.6. The van der Waals surface area contributed by atoms with Crippen molar-refractivity contribution < 1.29 is 17.4 Å². The summed E-state index contributed by atoms with van der Waals surface area (Å²) in [5.41, 5.74) is 2.73. The summed E-state index contributed by atoms with van der Waals surface area (Å²) in [7, 11) is -3.75. The molecule has 4 aliphatic carbocycles. The van der Waals surface area contributed by atoms with Crippen LogP contribution in [0.4, 0.5) is 0 Å². The minimum atomic E-state index is -3.75. The maximum Gasteiger partial charge on any atom is 0.297 e. The number of ketones is 1. The second kappa shape index (κ2) is 8.05. The summed E-state index contributed by atoms with van der Waals surface area (Å²) in [4.78, 5) is 12.6. The van der Waals surface area contributed by atoms with Crippen LogP contribution in [0.1, 0.15) is 77.7 Å². The summed E-state index contributed by atoms with van der Waals surface area (Å²) < 4.78 is 31.5. The second-order valence-electron chi connectivity index (χ2n) is 11.8. The number of allylic oxidation sites excluding steroid dienone is 1. The minimum Gasteiger partial charge on any atom is -0.300 e. The average molecular weight is 471 g/mol.